The van der Waals surface area contributed by atoms with Crippen LogP contribution in [0.2, 0.25) is 0 Å². The van der Waals surface area contributed by atoms with Crippen LogP contribution in [-0.2, 0) is 4.79 Å². The van der Waals surface area contributed by atoms with Crippen LogP contribution in [0.25, 0.3) is 0 Å². The number of hydrogen-bond acceptors (Lipinski definition) is 2. The van der Waals surface area contributed by atoms with Crippen molar-refractivity contribution in [2.24, 2.45) is 5.92 Å². The van der Waals surface area contributed by atoms with E-state index in [1.807, 2.05) is 6.92 Å². The van der Waals surface area contributed by atoms with Gasteiger partial charge in [0.05, 0.1) is 0 Å². The van der Waals surface area contributed by atoms with Gasteiger partial charge in [-0.1, -0.05) is 35.0 Å². The van der Waals surface area contributed by atoms with E-state index in [2.05, 4.69) is 27.4 Å². The van der Waals surface area contributed by atoms with Gasteiger partial charge in [0.2, 0.25) is 0 Å². The highest BCUT2D eigenvalue weighted by atomic mass is 79.9. The lowest BCUT2D eigenvalue weighted by Crippen LogP contribution is -2.40. The molecule has 0 aromatic heterocycles. The molecule has 0 aromatic carbocycles. The molecule has 0 amide bonds. The highest BCUT2D eigenvalue weighted by molar-refractivity contribution is 9.09. The van der Waals surface area contributed by atoms with E-state index in [1.165, 1.54) is 5.57 Å². The van der Waals surface area contributed by atoms with Crippen LogP contribution in [0.4, 0.5) is 0 Å². The molecule has 0 spiro atoms. The number of hydrogen-bond donors (Lipinski definition) is 0. The van der Waals surface area contributed by atoms with Crippen molar-refractivity contribution in [2.45, 2.75) is 13.3 Å². The molecule has 13 heavy (non-hydrogen) atoms. The van der Waals surface area contributed by atoms with Crippen LogP contribution in [0, 0.1) is 5.92 Å². The third-order valence-electron chi connectivity index (χ3n) is 2.39. The number of halogens is 1. The molecule has 74 valence electrons. The molecule has 0 aliphatic carbocycles. The summed E-state index contributed by atoms with van der Waals surface area (Å²) in [5.74, 6) is 0.609. The maximum atomic E-state index is 11.2. The van der Waals surface area contributed by atoms with E-state index in [0.717, 1.165) is 25.0 Å². The predicted octanol–water partition coefficient (Wildman–Crippen LogP) is 1.85. The lowest BCUT2D eigenvalue weighted by Gasteiger charge is -2.30. The lowest BCUT2D eigenvalue weighted by molar-refractivity contribution is -0.125. The fourth-order valence-corrected chi connectivity index (χ4v) is 1.77. The second-order valence-electron chi connectivity index (χ2n) is 3.74. The van der Waals surface area contributed by atoms with E-state index in [0.29, 0.717) is 12.2 Å². The first-order chi connectivity index (χ1) is 6.13. The molecule has 0 N–H and O–H groups in total. The number of carbonyl (C=O) groups excluding carboxylic acids is 1. The second-order valence-corrected chi connectivity index (χ2v) is 4.30. The first-order valence-corrected chi connectivity index (χ1v) is 5.73. The zero-order chi connectivity index (χ0) is 9.84. The topological polar surface area (TPSA) is 20.3 Å². The van der Waals surface area contributed by atoms with Crippen LogP contribution in [-0.4, -0.2) is 35.6 Å². The Hall–Kier alpha value is -0.150. The summed E-state index contributed by atoms with van der Waals surface area (Å²) in [5.41, 5.74) is 1.18. The minimum atomic E-state index is 0.205. The number of likely N-dealkylation sites (tertiary alicyclic amines) is 1. The molecule has 1 aliphatic rings. The van der Waals surface area contributed by atoms with Gasteiger partial charge in [-0.05, 0) is 0 Å². The third kappa shape index (κ3) is 3.24. The van der Waals surface area contributed by atoms with Gasteiger partial charge in [0, 0.05) is 37.3 Å². The quantitative estimate of drug-likeness (QED) is 0.559. The molecule has 1 saturated heterocycles. The molecule has 1 heterocycles. The number of nitrogens with zero attached hydrogens (tertiary/aromatic N) is 1. The number of carbonyl (C=O) groups is 1. The average molecular weight is 246 g/mol. The van der Waals surface area contributed by atoms with Crippen molar-refractivity contribution in [3.8, 4) is 0 Å². The zero-order valence-electron chi connectivity index (χ0n) is 8.05. The number of Topliss-reactive ketones (excluding diaryl/α,β-unsaturated/α-hetero) is 1. The predicted molar refractivity (Wildman–Crippen MR) is 58.2 cm³/mol. The Balaban J connectivity index is 2.37. The number of piperidine rings is 1. The number of rotatable bonds is 3. The summed E-state index contributed by atoms with van der Waals surface area (Å²) in [6, 6.07) is 0. The average Bonchev–Trinajstić information content (AvgIpc) is 2.11. The largest absolute Gasteiger partial charge is 0.299 e. The van der Waals surface area contributed by atoms with Crippen molar-refractivity contribution < 1.29 is 4.79 Å². The summed E-state index contributed by atoms with van der Waals surface area (Å²) < 4.78 is 0. The van der Waals surface area contributed by atoms with Gasteiger partial charge in [-0.2, -0.15) is 0 Å². The van der Waals surface area contributed by atoms with E-state index in [9.17, 15) is 4.79 Å². The van der Waals surface area contributed by atoms with Crippen molar-refractivity contribution in [3.63, 3.8) is 0 Å². The highest BCUT2D eigenvalue weighted by Crippen LogP contribution is 2.13. The van der Waals surface area contributed by atoms with Gasteiger partial charge in [-0.15, -0.1) is 0 Å². The van der Waals surface area contributed by atoms with Gasteiger partial charge >= 0.3 is 0 Å². The zero-order valence-corrected chi connectivity index (χ0v) is 9.64. The summed E-state index contributed by atoms with van der Waals surface area (Å²) in [6.07, 6.45) is 0.705. The highest BCUT2D eigenvalue weighted by Gasteiger charge is 2.23. The number of ketones is 1. The normalized spacial score (nSPS) is 24.8. The first-order valence-electron chi connectivity index (χ1n) is 4.61. The Morgan fingerprint density at radius 1 is 1.77 bits per heavy atom. The monoisotopic (exact) mass is 245 g/mol. The van der Waals surface area contributed by atoms with Crippen LogP contribution in [0.3, 0.4) is 0 Å². The van der Waals surface area contributed by atoms with E-state index >= 15 is 0 Å². The second kappa shape index (κ2) is 4.91. The van der Waals surface area contributed by atoms with E-state index in [-0.39, 0.29) is 5.92 Å². The van der Waals surface area contributed by atoms with Gasteiger partial charge in [0.1, 0.15) is 5.78 Å². The van der Waals surface area contributed by atoms with E-state index < -0.39 is 0 Å². The minimum Gasteiger partial charge on any atom is -0.299 e. The van der Waals surface area contributed by atoms with Gasteiger partial charge in [-0.3, -0.25) is 9.69 Å². The number of alkyl halides is 1. The maximum Gasteiger partial charge on any atom is 0.138 e. The molecule has 0 radical (unpaired) electrons. The van der Waals surface area contributed by atoms with E-state index in [4.69, 9.17) is 0 Å². The molecule has 0 aromatic rings. The summed E-state index contributed by atoms with van der Waals surface area (Å²) >= 11 is 3.38. The van der Waals surface area contributed by atoms with Crippen LogP contribution < -0.4 is 0 Å². The lowest BCUT2D eigenvalue weighted by atomic mass is 9.98. The van der Waals surface area contributed by atoms with Gasteiger partial charge in [0.15, 0.2) is 0 Å². The summed E-state index contributed by atoms with van der Waals surface area (Å²) in [5, 5.41) is 0.853. The molecule has 1 atom stereocenters. The Morgan fingerprint density at radius 3 is 3.00 bits per heavy atom. The Labute approximate surface area is 88.1 Å². The van der Waals surface area contributed by atoms with Crippen LogP contribution in [0.1, 0.15) is 13.3 Å². The molecule has 1 aliphatic heterocycles. The molecule has 0 saturated carbocycles. The van der Waals surface area contributed by atoms with Crippen molar-refractivity contribution >= 4 is 21.7 Å². The maximum absolute atomic E-state index is 11.2. The Kier molecular flexibility index (Phi) is 4.13. The van der Waals surface area contributed by atoms with Gasteiger partial charge in [0.25, 0.3) is 0 Å². The Morgan fingerprint density at radius 2 is 2.46 bits per heavy atom. The van der Waals surface area contributed by atoms with Crippen molar-refractivity contribution in [2.75, 3.05) is 25.0 Å². The van der Waals surface area contributed by atoms with Crippen molar-refractivity contribution in [1.82, 2.24) is 4.90 Å². The summed E-state index contributed by atoms with van der Waals surface area (Å²) in [4.78, 5) is 13.5. The van der Waals surface area contributed by atoms with Crippen LogP contribution >= 0.6 is 15.9 Å². The Bertz CT molecular complexity index is 215. The first kappa shape index (κ1) is 10.9. The molecule has 1 rings (SSSR count). The fraction of sp³-hybridized carbons (Fsp3) is 0.700. The molecular weight excluding hydrogens is 230 g/mol. The standard InChI is InChI=1S/C10H16BrNO/c1-8(5-11)6-12-4-3-10(13)9(2)7-12/h9H,1,3-7H2,2H3. The third-order valence-corrected chi connectivity index (χ3v) is 3.19. The van der Waals surface area contributed by atoms with Crippen molar-refractivity contribution in [1.29, 1.82) is 0 Å². The fourth-order valence-electron chi connectivity index (χ4n) is 1.60. The molecule has 3 heteroatoms. The molecule has 1 fully saturated rings. The molecular formula is C10H16BrNO. The van der Waals surface area contributed by atoms with Crippen LogP contribution in [0.15, 0.2) is 12.2 Å². The van der Waals surface area contributed by atoms with Crippen molar-refractivity contribution in [3.05, 3.63) is 12.2 Å². The molecule has 0 bridgehead atoms. The smallest absolute Gasteiger partial charge is 0.138 e. The van der Waals surface area contributed by atoms with Gasteiger partial charge < -0.3 is 0 Å². The molecule has 2 nitrogen and oxygen atoms in total. The van der Waals surface area contributed by atoms with E-state index in [1.54, 1.807) is 0 Å². The van der Waals surface area contributed by atoms with Gasteiger partial charge in [-0.25, -0.2) is 0 Å². The van der Waals surface area contributed by atoms with Crippen LogP contribution in [0.5, 0.6) is 0 Å². The minimum absolute atomic E-state index is 0.205. The summed E-state index contributed by atoms with van der Waals surface area (Å²) in [6.45, 7) is 8.65. The SMILES string of the molecule is C=C(CBr)CN1CCC(=O)C(C)C1. The summed E-state index contributed by atoms with van der Waals surface area (Å²) in [7, 11) is 0. The molecule has 1 unspecified atom stereocenters.